The van der Waals surface area contributed by atoms with Gasteiger partial charge in [-0.15, -0.1) is 0 Å². The van der Waals surface area contributed by atoms with Gasteiger partial charge in [0.2, 0.25) is 12.5 Å². The van der Waals surface area contributed by atoms with Crippen LogP contribution in [0.2, 0.25) is 0 Å². The van der Waals surface area contributed by atoms with Gasteiger partial charge in [-0.2, -0.15) is 0 Å². The molecule has 1 fully saturated rings. The van der Waals surface area contributed by atoms with Gasteiger partial charge in [0.15, 0.2) is 28.8 Å². The van der Waals surface area contributed by atoms with E-state index in [9.17, 15) is 4.79 Å². The highest BCUT2D eigenvalue weighted by atomic mass is 16.7. The van der Waals surface area contributed by atoms with Gasteiger partial charge in [-0.1, -0.05) is 6.08 Å². The molecular formula is C25H29NO7. The van der Waals surface area contributed by atoms with Crippen LogP contribution in [0.3, 0.4) is 0 Å². The number of methoxy groups -OCH3 is 3. The number of hydrogen-bond acceptors (Lipinski definition) is 8. The molecule has 2 aliphatic rings. The first-order chi connectivity index (χ1) is 16.1. The Morgan fingerprint density at radius 2 is 1.61 bits per heavy atom. The molecule has 2 heterocycles. The number of allylic oxidation sites excluding steroid dienone is 1. The van der Waals surface area contributed by atoms with Crippen molar-refractivity contribution in [3.8, 4) is 34.5 Å². The number of ether oxygens (including phenoxy) is 6. The highest BCUT2D eigenvalue weighted by molar-refractivity contribution is 6.09. The second-order valence-corrected chi connectivity index (χ2v) is 7.76. The molecule has 8 heteroatoms. The molecule has 8 nitrogen and oxygen atoms in total. The first-order valence-electron chi connectivity index (χ1n) is 10.9. The number of hydrogen-bond donors (Lipinski definition) is 0. The molecule has 33 heavy (non-hydrogen) atoms. The van der Waals surface area contributed by atoms with Crippen LogP contribution in [-0.4, -0.2) is 65.0 Å². The summed E-state index contributed by atoms with van der Waals surface area (Å²) in [5.41, 5.74) is 1.15. The van der Waals surface area contributed by atoms with E-state index in [0.29, 0.717) is 46.7 Å². The lowest BCUT2D eigenvalue weighted by Gasteiger charge is -2.16. The van der Waals surface area contributed by atoms with Crippen LogP contribution in [-0.2, 0) is 0 Å². The van der Waals surface area contributed by atoms with Crippen LogP contribution < -0.4 is 28.4 Å². The van der Waals surface area contributed by atoms with Gasteiger partial charge in [-0.25, -0.2) is 0 Å². The number of benzene rings is 2. The summed E-state index contributed by atoms with van der Waals surface area (Å²) in [6.07, 6.45) is 5.63. The van der Waals surface area contributed by atoms with E-state index in [1.807, 2.05) is 0 Å². The minimum Gasteiger partial charge on any atom is -0.493 e. The first-order valence-corrected chi connectivity index (χ1v) is 10.9. The third-order valence-corrected chi connectivity index (χ3v) is 5.72. The van der Waals surface area contributed by atoms with Gasteiger partial charge in [0.05, 0.1) is 26.9 Å². The maximum Gasteiger partial charge on any atom is 0.231 e. The molecular weight excluding hydrogens is 426 g/mol. The summed E-state index contributed by atoms with van der Waals surface area (Å²) in [7, 11) is 4.65. The molecule has 2 aromatic carbocycles. The maximum atomic E-state index is 13.1. The lowest BCUT2D eigenvalue weighted by molar-refractivity contribution is 0.104. The van der Waals surface area contributed by atoms with Crippen molar-refractivity contribution in [3.05, 3.63) is 41.5 Å². The van der Waals surface area contributed by atoms with E-state index in [1.54, 1.807) is 51.7 Å². The fraction of sp³-hybridized carbons (Fsp3) is 0.400. The Labute approximate surface area is 193 Å². The van der Waals surface area contributed by atoms with Crippen molar-refractivity contribution < 1.29 is 33.2 Å². The Morgan fingerprint density at radius 3 is 2.24 bits per heavy atom. The van der Waals surface area contributed by atoms with E-state index in [-0.39, 0.29) is 12.6 Å². The number of carbonyl (C=O) groups excluding carboxylic acids is 1. The number of rotatable bonds is 10. The summed E-state index contributed by atoms with van der Waals surface area (Å²) >= 11 is 0. The van der Waals surface area contributed by atoms with Crippen LogP contribution in [0, 0.1) is 0 Å². The monoisotopic (exact) mass is 455 g/mol. The second-order valence-electron chi connectivity index (χ2n) is 7.76. The normalized spacial score (nSPS) is 15.1. The summed E-state index contributed by atoms with van der Waals surface area (Å²) in [4.78, 5) is 15.5. The average Bonchev–Trinajstić information content (AvgIpc) is 3.53. The van der Waals surface area contributed by atoms with Gasteiger partial charge in [0, 0.05) is 12.6 Å². The van der Waals surface area contributed by atoms with Crippen molar-refractivity contribution in [1.82, 2.24) is 4.90 Å². The predicted octanol–water partition coefficient (Wildman–Crippen LogP) is 3.81. The van der Waals surface area contributed by atoms with E-state index >= 15 is 0 Å². The third kappa shape index (κ3) is 5.17. The van der Waals surface area contributed by atoms with Gasteiger partial charge < -0.3 is 28.4 Å². The van der Waals surface area contributed by atoms with E-state index in [4.69, 9.17) is 28.4 Å². The van der Waals surface area contributed by atoms with Crippen LogP contribution in [0.4, 0.5) is 0 Å². The molecule has 0 radical (unpaired) electrons. The van der Waals surface area contributed by atoms with Crippen molar-refractivity contribution in [3.63, 3.8) is 0 Å². The Kier molecular flexibility index (Phi) is 7.24. The van der Waals surface area contributed by atoms with Crippen molar-refractivity contribution in [2.75, 3.05) is 54.4 Å². The van der Waals surface area contributed by atoms with Crippen LogP contribution >= 0.6 is 0 Å². The zero-order valence-corrected chi connectivity index (χ0v) is 19.2. The summed E-state index contributed by atoms with van der Waals surface area (Å²) in [6.45, 7) is 3.63. The van der Waals surface area contributed by atoms with E-state index in [1.165, 1.54) is 18.9 Å². The van der Waals surface area contributed by atoms with Gasteiger partial charge in [-0.3, -0.25) is 9.69 Å². The molecule has 0 N–H and O–H groups in total. The molecule has 0 atom stereocenters. The maximum absolute atomic E-state index is 13.1. The molecule has 176 valence electrons. The Balaban J connectivity index is 1.55. The van der Waals surface area contributed by atoms with Crippen LogP contribution in [0.5, 0.6) is 34.5 Å². The molecule has 2 aliphatic heterocycles. The van der Waals surface area contributed by atoms with Crippen LogP contribution in [0.1, 0.15) is 28.8 Å². The zero-order valence-electron chi connectivity index (χ0n) is 19.2. The average molecular weight is 456 g/mol. The Morgan fingerprint density at radius 1 is 0.939 bits per heavy atom. The minimum absolute atomic E-state index is 0.126. The Bertz CT molecular complexity index is 1000. The molecule has 1 saturated heterocycles. The standard InChI is InChI=1S/C25H29NO7/c1-28-23-12-17(13-24(29-2)25(23)30-3)6-7-19(27)18-14-21-22(33-16-32-21)15-20(18)31-11-10-26-8-4-5-9-26/h6-7,12-15H,4-5,8-11,16H2,1-3H3. The van der Waals surface area contributed by atoms with Gasteiger partial charge in [0.25, 0.3) is 0 Å². The number of carbonyl (C=O) groups is 1. The minimum atomic E-state index is -0.210. The quantitative estimate of drug-likeness (QED) is 0.396. The van der Waals surface area contributed by atoms with E-state index < -0.39 is 0 Å². The molecule has 0 aliphatic carbocycles. The molecule has 0 spiro atoms. The van der Waals surface area contributed by atoms with E-state index in [2.05, 4.69) is 4.90 Å². The Hall–Kier alpha value is -3.39. The number of likely N-dealkylation sites (tertiary alicyclic amines) is 1. The lowest BCUT2D eigenvalue weighted by Crippen LogP contribution is -2.25. The summed E-state index contributed by atoms with van der Waals surface area (Å²) in [6, 6.07) is 6.96. The molecule has 0 saturated carbocycles. The third-order valence-electron chi connectivity index (χ3n) is 5.72. The molecule has 0 aromatic heterocycles. The van der Waals surface area contributed by atoms with Crippen molar-refractivity contribution in [2.24, 2.45) is 0 Å². The molecule has 4 rings (SSSR count). The lowest BCUT2D eigenvalue weighted by atomic mass is 10.1. The SMILES string of the molecule is COc1cc(C=CC(=O)c2cc3c(cc2OCCN2CCCC2)OCO3)cc(OC)c1OC. The van der Waals surface area contributed by atoms with Crippen molar-refractivity contribution in [2.45, 2.75) is 12.8 Å². The van der Waals surface area contributed by atoms with Crippen LogP contribution in [0.15, 0.2) is 30.3 Å². The summed E-state index contributed by atoms with van der Waals surface area (Å²) < 4.78 is 33.1. The first kappa shape index (κ1) is 22.8. The van der Waals surface area contributed by atoms with Gasteiger partial charge >= 0.3 is 0 Å². The van der Waals surface area contributed by atoms with E-state index in [0.717, 1.165) is 25.2 Å². The van der Waals surface area contributed by atoms with Crippen LogP contribution in [0.25, 0.3) is 6.08 Å². The molecule has 0 unspecified atom stereocenters. The second kappa shape index (κ2) is 10.5. The topological polar surface area (TPSA) is 75.7 Å². The highest BCUT2D eigenvalue weighted by Gasteiger charge is 2.22. The predicted molar refractivity (Wildman–Crippen MR) is 123 cm³/mol. The smallest absolute Gasteiger partial charge is 0.231 e. The fourth-order valence-corrected chi connectivity index (χ4v) is 3.99. The zero-order chi connectivity index (χ0) is 23.2. The largest absolute Gasteiger partial charge is 0.493 e. The molecule has 0 amide bonds. The molecule has 2 aromatic rings. The van der Waals surface area contributed by atoms with Gasteiger partial charge in [-0.05, 0) is 55.8 Å². The van der Waals surface area contributed by atoms with Crippen molar-refractivity contribution >= 4 is 11.9 Å². The number of fused-ring (bicyclic) bond motifs is 1. The van der Waals surface area contributed by atoms with Crippen molar-refractivity contribution in [1.29, 1.82) is 0 Å². The van der Waals surface area contributed by atoms with Gasteiger partial charge in [0.1, 0.15) is 12.4 Å². The molecule has 0 bridgehead atoms. The number of ketones is 1. The summed E-state index contributed by atoms with van der Waals surface area (Å²) in [5, 5.41) is 0. The highest BCUT2D eigenvalue weighted by Crippen LogP contribution is 2.40. The summed E-state index contributed by atoms with van der Waals surface area (Å²) in [5.74, 6) is 2.91. The number of nitrogens with zero attached hydrogens (tertiary/aromatic N) is 1. The fourth-order valence-electron chi connectivity index (χ4n) is 3.99.